The van der Waals surface area contributed by atoms with E-state index < -0.39 is 0 Å². The molecule has 100 valence electrons. The van der Waals surface area contributed by atoms with Gasteiger partial charge in [-0.1, -0.05) is 6.08 Å². The van der Waals surface area contributed by atoms with E-state index in [2.05, 4.69) is 52.1 Å². The Morgan fingerprint density at radius 3 is 2.89 bits per heavy atom. The van der Waals surface area contributed by atoms with Crippen molar-refractivity contribution in [3.63, 3.8) is 0 Å². The van der Waals surface area contributed by atoms with Gasteiger partial charge < -0.3 is 15.7 Å². The van der Waals surface area contributed by atoms with Crippen LogP contribution < -0.4 is 11.1 Å². The fourth-order valence-corrected chi connectivity index (χ4v) is 2.04. The van der Waals surface area contributed by atoms with Crippen LogP contribution in [0, 0.1) is 0 Å². The Morgan fingerprint density at radius 1 is 1.47 bits per heavy atom. The van der Waals surface area contributed by atoms with Crippen LogP contribution in [-0.4, -0.2) is 27.4 Å². The molecule has 2 aromatic heterocycles. The molecule has 0 spiro atoms. The van der Waals surface area contributed by atoms with Crippen LogP contribution in [0.5, 0.6) is 0 Å². The Labute approximate surface area is 126 Å². The van der Waals surface area contributed by atoms with E-state index in [9.17, 15) is 4.79 Å². The zero-order valence-electron chi connectivity index (χ0n) is 9.71. The SMILES string of the molecule is NCC=Cc1cnc(NC(=O)c2cc(Br)c(Br)[nH]2)[nH]1. The van der Waals surface area contributed by atoms with E-state index in [1.807, 2.05) is 0 Å². The molecule has 0 aromatic carbocycles. The summed E-state index contributed by atoms with van der Waals surface area (Å²) in [6, 6.07) is 1.68. The second-order valence-electron chi connectivity index (χ2n) is 3.62. The normalized spacial score (nSPS) is 11.1. The highest BCUT2D eigenvalue weighted by Crippen LogP contribution is 2.23. The predicted molar refractivity (Wildman–Crippen MR) is 80.8 cm³/mol. The fourth-order valence-electron chi connectivity index (χ4n) is 1.38. The molecule has 2 rings (SSSR count). The Hall–Kier alpha value is -1.38. The third kappa shape index (κ3) is 3.55. The van der Waals surface area contributed by atoms with Crippen LogP contribution in [-0.2, 0) is 0 Å². The van der Waals surface area contributed by atoms with Gasteiger partial charge in [0.05, 0.1) is 21.0 Å². The van der Waals surface area contributed by atoms with Crippen molar-refractivity contribution in [3.8, 4) is 0 Å². The zero-order valence-corrected chi connectivity index (χ0v) is 12.9. The van der Waals surface area contributed by atoms with Gasteiger partial charge in [0.15, 0.2) is 0 Å². The first-order valence-electron chi connectivity index (χ1n) is 5.37. The third-order valence-corrected chi connectivity index (χ3v) is 4.01. The fraction of sp³-hybridized carbons (Fsp3) is 0.0909. The minimum atomic E-state index is -0.282. The molecular formula is C11H11Br2N5O. The van der Waals surface area contributed by atoms with Crippen molar-refractivity contribution in [1.29, 1.82) is 0 Å². The maximum atomic E-state index is 11.9. The summed E-state index contributed by atoms with van der Waals surface area (Å²) in [6.45, 7) is 0.450. The van der Waals surface area contributed by atoms with Crippen LogP contribution in [0.15, 0.2) is 27.4 Å². The third-order valence-electron chi connectivity index (χ3n) is 2.23. The lowest BCUT2D eigenvalue weighted by atomic mass is 10.4. The summed E-state index contributed by atoms with van der Waals surface area (Å²) >= 11 is 6.58. The van der Waals surface area contributed by atoms with Crippen molar-refractivity contribution in [2.45, 2.75) is 0 Å². The lowest BCUT2D eigenvalue weighted by Gasteiger charge is -1.98. The first-order chi connectivity index (χ1) is 9.10. The van der Waals surface area contributed by atoms with Crippen LogP contribution >= 0.6 is 31.9 Å². The maximum Gasteiger partial charge on any atom is 0.274 e. The number of amides is 1. The number of carbonyl (C=O) groups is 1. The highest BCUT2D eigenvalue weighted by Gasteiger charge is 2.12. The van der Waals surface area contributed by atoms with E-state index in [-0.39, 0.29) is 5.91 Å². The molecule has 2 heterocycles. The average Bonchev–Trinajstić information content (AvgIpc) is 2.95. The van der Waals surface area contributed by atoms with Crippen LogP contribution in [0.2, 0.25) is 0 Å². The number of hydrogen-bond donors (Lipinski definition) is 4. The van der Waals surface area contributed by atoms with E-state index in [4.69, 9.17) is 5.73 Å². The highest BCUT2D eigenvalue weighted by atomic mass is 79.9. The van der Waals surface area contributed by atoms with Crippen molar-refractivity contribution < 1.29 is 4.79 Å². The van der Waals surface area contributed by atoms with E-state index in [1.54, 1.807) is 24.4 Å². The van der Waals surface area contributed by atoms with Gasteiger partial charge in [0.25, 0.3) is 5.91 Å². The molecule has 19 heavy (non-hydrogen) atoms. The van der Waals surface area contributed by atoms with Crippen LogP contribution in [0.25, 0.3) is 6.08 Å². The van der Waals surface area contributed by atoms with Gasteiger partial charge in [0.2, 0.25) is 5.95 Å². The Kier molecular flexibility index (Phi) is 4.56. The van der Waals surface area contributed by atoms with Gasteiger partial charge in [-0.25, -0.2) is 4.98 Å². The number of imidazole rings is 1. The number of H-pyrrole nitrogens is 2. The van der Waals surface area contributed by atoms with Crippen LogP contribution in [0.4, 0.5) is 5.95 Å². The topological polar surface area (TPSA) is 99.6 Å². The van der Waals surface area contributed by atoms with Gasteiger partial charge >= 0.3 is 0 Å². The largest absolute Gasteiger partial charge is 0.344 e. The molecule has 0 aliphatic carbocycles. The smallest absolute Gasteiger partial charge is 0.274 e. The summed E-state index contributed by atoms with van der Waals surface area (Å²) in [4.78, 5) is 21.8. The number of aromatic nitrogens is 3. The van der Waals surface area contributed by atoms with E-state index >= 15 is 0 Å². The summed E-state index contributed by atoms with van der Waals surface area (Å²) < 4.78 is 1.49. The first-order valence-corrected chi connectivity index (χ1v) is 6.95. The zero-order chi connectivity index (χ0) is 13.8. The van der Waals surface area contributed by atoms with Crippen molar-refractivity contribution in [2.24, 2.45) is 5.73 Å². The molecule has 0 fully saturated rings. The minimum Gasteiger partial charge on any atom is -0.344 e. The molecule has 0 saturated carbocycles. The summed E-state index contributed by atoms with van der Waals surface area (Å²) in [5, 5.41) is 2.65. The molecule has 0 bridgehead atoms. The standard InChI is InChI=1S/C11H11Br2N5O/c12-7-4-8(17-9(7)13)10(19)18-11-15-5-6(16-11)2-1-3-14/h1-2,4-5,17H,3,14H2,(H2,15,16,18,19). The Bertz CT molecular complexity index is 597. The predicted octanol–water partition coefficient (Wildman–Crippen LogP) is 2.49. The minimum absolute atomic E-state index is 0.282. The second kappa shape index (κ2) is 6.18. The molecule has 8 heteroatoms. The van der Waals surface area contributed by atoms with Gasteiger partial charge in [0.1, 0.15) is 5.69 Å². The van der Waals surface area contributed by atoms with Gasteiger partial charge in [-0.2, -0.15) is 0 Å². The molecule has 0 aliphatic heterocycles. The molecule has 2 aromatic rings. The van der Waals surface area contributed by atoms with Gasteiger partial charge in [-0.05, 0) is 44.0 Å². The Morgan fingerprint density at radius 2 is 2.26 bits per heavy atom. The van der Waals surface area contributed by atoms with Crippen molar-refractivity contribution >= 4 is 49.8 Å². The Balaban J connectivity index is 2.06. The van der Waals surface area contributed by atoms with Crippen LogP contribution in [0.3, 0.4) is 0 Å². The maximum absolute atomic E-state index is 11.9. The van der Waals surface area contributed by atoms with Gasteiger partial charge in [-0.3, -0.25) is 10.1 Å². The molecule has 0 atom stereocenters. The number of halogens is 2. The van der Waals surface area contributed by atoms with Crippen LogP contribution in [0.1, 0.15) is 16.2 Å². The van der Waals surface area contributed by atoms with Crippen molar-refractivity contribution in [2.75, 3.05) is 11.9 Å². The molecule has 0 saturated heterocycles. The summed E-state index contributed by atoms with van der Waals surface area (Å²) in [5.41, 5.74) is 6.55. The van der Waals surface area contributed by atoms with E-state index in [1.165, 1.54) is 0 Å². The monoisotopic (exact) mass is 387 g/mol. The summed E-state index contributed by atoms with van der Waals surface area (Å²) in [6.07, 6.45) is 5.20. The molecule has 0 radical (unpaired) electrons. The summed E-state index contributed by atoms with van der Waals surface area (Å²) in [7, 11) is 0. The number of anilines is 1. The molecule has 5 N–H and O–H groups in total. The van der Waals surface area contributed by atoms with Gasteiger partial charge in [0, 0.05) is 6.54 Å². The lowest BCUT2D eigenvalue weighted by Crippen LogP contribution is -2.13. The number of nitrogens with zero attached hydrogens (tertiary/aromatic N) is 1. The molecule has 1 amide bonds. The van der Waals surface area contributed by atoms with Gasteiger partial charge in [-0.15, -0.1) is 0 Å². The number of carbonyl (C=O) groups excluding carboxylic acids is 1. The summed E-state index contributed by atoms with van der Waals surface area (Å²) in [5.74, 6) is 0.0959. The molecule has 0 aliphatic rings. The first kappa shape index (κ1) is 14.0. The lowest BCUT2D eigenvalue weighted by molar-refractivity contribution is 0.102. The van der Waals surface area contributed by atoms with E-state index in [0.29, 0.717) is 22.8 Å². The average molecular weight is 389 g/mol. The number of aromatic amines is 2. The van der Waals surface area contributed by atoms with E-state index in [0.717, 1.165) is 10.2 Å². The van der Waals surface area contributed by atoms with Crippen molar-refractivity contribution in [3.05, 3.63) is 38.8 Å². The van der Waals surface area contributed by atoms with Crippen molar-refractivity contribution in [1.82, 2.24) is 15.0 Å². The second-order valence-corrected chi connectivity index (χ2v) is 5.27. The quantitative estimate of drug-likeness (QED) is 0.647. The number of nitrogens with two attached hydrogens (primary N) is 1. The molecular weight excluding hydrogens is 378 g/mol. The number of nitrogens with one attached hydrogen (secondary N) is 3. The molecule has 6 nitrogen and oxygen atoms in total. The number of hydrogen-bond acceptors (Lipinski definition) is 3. The number of rotatable bonds is 4. The highest BCUT2D eigenvalue weighted by molar-refractivity contribution is 9.13. The molecule has 0 unspecified atom stereocenters.